The van der Waals surface area contributed by atoms with Crippen LogP contribution >= 0.6 is 24.0 Å². The number of carbonyl (C=O) groups is 2. The molecule has 2 fully saturated rings. The van der Waals surface area contributed by atoms with Crippen LogP contribution in [0.1, 0.15) is 13.3 Å². The summed E-state index contributed by atoms with van der Waals surface area (Å²) in [5, 5.41) is 9.20. The molecule has 3 rings (SSSR count). The number of para-hydroxylation sites is 1. The van der Waals surface area contributed by atoms with Gasteiger partial charge in [0.15, 0.2) is 5.96 Å². The minimum atomic E-state index is -0.336. The Morgan fingerprint density at radius 2 is 2.07 bits per heavy atom. The third kappa shape index (κ3) is 5.72. The Labute approximate surface area is 176 Å². The molecule has 0 saturated carbocycles. The Bertz CT molecular complexity index is 653. The molecule has 148 valence electrons. The summed E-state index contributed by atoms with van der Waals surface area (Å²) in [7, 11) is 0. The van der Waals surface area contributed by atoms with E-state index in [1.165, 1.54) is 10.6 Å². The Morgan fingerprint density at radius 3 is 2.74 bits per heavy atom. The summed E-state index contributed by atoms with van der Waals surface area (Å²) in [5.41, 5.74) is 1.23. The fourth-order valence-electron chi connectivity index (χ4n) is 3.21. The maximum Gasteiger partial charge on any atom is 0.324 e. The number of carbonyl (C=O) groups excluding carboxylic acids is 2. The van der Waals surface area contributed by atoms with Gasteiger partial charge in [0.05, 0.1) is 19.6 Å². The molecule has 0 aliphatic carbocycles. The first-order chi connectivity index (χ1) is 12.7. The zero-order valence-corrected chi connectivity index (χ0v) is 17.8. The summed E-state index contributed by atoms with van der Waals surface area (Å²) < 4.78 is 0. The summed E-state index contributed by atoms with van der Waals surface area (Å²) in [6.07, 6.45) is 1.03. The van der Waals surface area contributed by atoms with E-state index in [-0.39, 0.29) is 42.5 Å². The minimum Gasteiger partial charge on any atom is -0.369 e. The molecule has 0 bridgehead atoms. The second-order valence-electron chi connectivity index (χ2n) is 6.38. The molecule has 9 heteroatoms. The fourth-order valence-corrected chi connectivity index (χ4v) is 3.21. The van der Waals surface area contributed by atoms with Crippen molar-refractivity contribution in [2.24, 2.45) is 4.99 Å². The van der Waals surface area contributed by atoms with Gasteiger partial charge in [-0.2, -0.15) is 0 Å². The summed E-state index contributed by atoms with van der Waals surface area (Å²) in [4.78, 5) is 31.2. The second kappa shape index (κ2) is 10.3. The smallest absolute Gasteiger partial charge is 0.324 e. The van der Waals surface area contributed by atoms with Crippen molar-refractivity contribution in [3.05, 3.63) is 30.3 Å². The average Bonchev–Trinajstić information content (AvgIpc) is 3.24. The Morgan fingerprint density at radius 1 is 1.30 bits per heavy atom. The van der Waals surface area contributed by atoms with Gasteiger partial charge < -0.3 is 20.9 Å². The molecule has 0 radical (unpaired) electrons. The molecule has 2 saturated heterocycles. The maximum atomic E-state index is 11.6. The van der Waals surface area contributed by atoms with Crippen molar-refractivity contribution in [2.45, 2.75) is 19.4 Å². The molecule has 1 atom stereocenters. The van der Waals surface area contributed by atoms with Gasteiger partial charge in [0.1, 0.15) is 0 Å². The van der Waals surface area contributed by atoms with Gasteiger partial charge >= 0.3 is 6.03 Å². The number of nitrogens with zero attached hydrogens (tertiary/aromatic N) is 3. The average molecular weight is 486 g/mol. The van der Waals surface area contributed by atoms with Crippen LogP contribution in [-0.2, 0) is 4.79 Å². The van der Waals surface area contributed by atoms with Crippen molar-refractivity contribution in [2.75, 3.05) is 44.2 Å². The topological polar surface area (TPSA) is 89.1 Å². The Balaban J connectivity index is 0.00000261. The van der Waals surface area contributed by atoms with E-state index in [1.807, 2.05) is 13.0 Å². The van der Waals surface area contributed by atoms with Crippen LogP contribution in [0.2, 0.25) is 0 Å². The first-order valence-electron chi connectivity index (χ1n) is 9.10. The van der Waals surface area contributed by atoms with Gasteiger partial charge in [-0.05, 0) is 25.5 Å². The molecule has 0 aromatic heterocycles. The van der Waals surface area contributed by atoms with E-state index >= 15 is 0 Å². The lowest BCUT2D eigenvalue weighted by Gasteiger charge is -2.20. The quantitative estimate of drug-likeness (QED) is 0.242. The van der Waals surface area contributed by atoms with Gasteiger partial charge in [0.25, 0.3) is 0 Å². The van der Waals surface area contributed by atoms with Crippen molar-refractivity contribution in [3.8, 4) is 0 Å². The molecular weight excluding hydrogens is 459 g/mol. The number of benzene rings is 1. The first kappa shape index (κ1) is 21.3. The van der Waals surface area contributed by atoms with Crippen LogP contribution in [0.5, 0.6) is 0 Å². The zero-order valence-electron chi connectivity index (χ0n) is 15.5. The monoisotopic (exact) mass is 486 g/mol. The van der Waals surface area contributed by atoms with Gasteiger partial charge in [-0.15, -0.1) is 24.0 Å². The number of hydrogen-bond donors (Lipinski definition) is 3. The summed E-state index contributed by atoms with van der Waals surface area (Å²) in [5.74, 6) is 0.525. The predicted molar refractivity (Wildman–Crippen MR) is 117 cm³/mol. The number of urea groups is 1. The van der Waals surface area contributed by atoms with Gasteiger partial charge in [0, 0.05) is 31.4 Å². The van der Waals surface area contributed by atoms with Gasteiger partial charge in [-0.3, -0.25) is 14.7 Å². The van der Waals surface area contributed by atoms with Crippen LogP contribution in [0.3, 0.4) is 0 Å². The number of anilines is 1. The van der Waals surface area contributed by atoms with E-state index in [0.717, 1.165) is 32.0 Å². The molecule has 2 aliphatic rings. The maximum absolute atomic E-state index is 11.6. The van der Waals surface area contributed by atoms with E-state index in [2.05, 4.69) is 50.1 Å². The molecule has 1 aromatic carbocycles. The normalized spacial score (nSPS) is 19.7. The second-order valence-corrected chi connectivity index (χ2v) is 6.38. The minimum absolute atomic E-state index is 0. The Kier molecular flexibility index (Phi) is 8.14. The van der Waals surface area contributed by atoms with E-state index < -0.39 is 0 Å². The highest BCUT2D eigenvalue weighted by atomic mass is 127. The highest BCUT2D eigenvalue weighted by Crippen LogP contribution is 2.19. The van der Waals surface area contributed by atoms with Gasteiger partial charge in [-0.25, -0.2) is 4.79 Å². The lowest BCUT2D eigenvalue weighted by atomic mass is 10.3. The highest BCUT2D eigenvalue weighted by Gasteiger charge is 2.28. The van der Waals surface area contributed by atoms with E-state index in [9.17, 15) is 9.59 Å². The largest absolute Gasteiger partial charge is 0.369 e. The van der Waals surface area contributed by atoms with Crippen molar-refractivity contribution >= 4 is 47.6 Å². The number of imide groups is 1. The van der Waals surface area contributed by atoms with E-state index in [4.69, 9.17) is 0 Å². The number of guanidine groups is 1. The van der Waals surface area contributed by atoms with Crippen molar-refractivity contribution in [1.29, 1.82) is 0 Å². The van der Waals surface area contributed by atoms with Crippen LogP contribution in [0.25, 0.3) is 0 Å². The van der Waals surface area contributed by atoms with Crippen LogP contribution in [0.4, 0.5) is 10.5 Å². The van der Waals surface area contributed by atoms with Crippen LogP contribution in [0, 0.1) is 0 Å². The molecule has 0 spiro atoms. The molecule has 27 heavy (non-hydrogen) atoms. The predicted octanol–water partition coefficient (Wildman–Crippen LogP) is 0.990. The molecule has 3 N–H and O–H groups in total. The van der Waals surface area contributed by atoms with Crippen LogP contribution in [-0.4, -0.2) is 68.1 Å². The zero-order chi connectivity index (χ0) is 18.4. The number of nitrogens with one attached hydrogen (secondary N) is 3. The number of aliphatic imine (C=N–C) groups is 1. The Hall–Kier alpha value is -2.04. The van der Waals surface area contributed by atoms with Gasteiger partial charge in [-0.1, -0.05) is 18.2 Å². The van der Waals surface area contributed by atoms with Crippen molar-refractivity contribution in [3.63, 3.8) is 0 Å². The standard InChI is InChI=1S/C18H26N6O2.HI/c1-2-19-17(20-9-11-24-16(25)12-21-18(24)26)22-14-8-10-23(13-14)15-6-4-3-5-7-15;/h3-7,14H,2,8-13H2,1H3,(H,21,26)(H2,19,20,22);1H. The number of amides is 3. The molecule has 1 unspecified atom stereocenters. The van der Waals surface area contributed by atoms with Crippen LogP contribution in [0.15, 0.2) is 35.3 Å². The molecular formula is C18H27IN6O2. The first-order valence-corrected chi connectivity index (χ1v) is 9.10. The summed E-state index contributed by atoms with van der Waals surface area (Å²) in [6, 6.07) is 10.4. The van der Waals surface area contributed by atoms with E-state index in [1.54, 1.807) is 0 Å². The van der Waals surface area contributed by atoms with Crippen LogP contribution < -0.4 is 20.9 Å². The highest BCUT2D eigenvalue weighted by molar-refractivity contribution is 14.0. The third-order valence-corrected chi connectivity index (χ3v) is 4.53. The number of rotatable bonds is 6. The molecule has 1 aromatic rings. The molecule has 3 amide bonds. The lowest BCUT2D eigenvalue weighted by Crippen LogP contribution is -2.45. The summed E-state index contributed by atoms with van der Waals surface area (Å²) >= 11 is 0. The molecule has 2 heterocycles. The fraction of sp³-hybridized carbons (Fsp3) is 0.500. The lowest BCUT2D eigenvalue weighted by molar-refractivity contribution is -0.124. The summed E-state index contributed by atoms with van der Waals surface area (Å²) in [6.45, 7) is 5.44. The third-order valence-electron chi connectivity index (χ3n) is 4.53. The van der Waals surface area contributed by atoms with Crippen molar-refractivity contribution in [1.82, 2.24) is 20.9 Å². The SMILES string of the molecule is CCNC(=NCCN1C(=O)CNC1=O)NC1CCN(c2ccccc2)C1.I. The van der Waals surface area contributed by atoms with E-state index in [0.29, 0.717) is 19.1 Å². The van der Waals surface area contributed by atoms with Gasteiger partial charge in [0.2, 0.25) is 5.91 Å². The number of hydrogen-bond acceptors (Lipinski definition) is 4. The number of halogens is 1. The molecule has 8 nitrogen and oxygen atoms in total. The molecule has 2 aliphatic heterocycles. The van der Waals surface area contributed by atoms with Crippen molar-refractivity contribution < 1.29 is 9.59 Å².